The molecule has 0 saturated carbocycles. The van der Waals surface area contributed by atoms with Crippen molar-refractivity contribution >= 4 is 22.6 Å². The Labute approximate surface area is 178 Å². The lowest BCUT2D eigenvalue weighted by molar-refractivity contribution is 0.0394. The van der Waals surface area contributed by atoms with E-state index in [-0.39, 0.29) is 5.91 Å². The Bertz CT molecular complexity index is 1090. The van der Waals surface area contributed by atoms with Gasteiger partial charge in [-0.3, -0.25) is 4.79 Å². The van der Waals surface area contributed by atoms with Crippen LogP contribution in [-0.4, -0.2) is 58.9 Å². The van der Waals surface area contributed by atoms with E-state index in [1.807, 2.05) is 11.0 Å². The molecule has 3 heterocycles. The van der Waals surface area contributed by atoms with Crippen molar-refractivity contribution in [1.82, 2.24) is 19.8 Å². The van der Waals surface area contributed by atoms with Gasteiger partial charge in [0.1, 0.15) is 5.69 Å². The van der Waals surface area contributed by atoms with E-state index in [0.717, 1.165) is 41.1 Å². The molecule has 3 aromatic rings. The van der Waals surface area contributed by atoms with Crippen LogP contribution in [0.4, 0.5) is 5.82 Å². The number of hydrogen-bond donors (Lipinski definition) is 2. The van der Waals surface area contributed by atoms with Crippen LogP contribution in [0, 0.1) is 27.7 Å². The fourth-order valence-corrected chi connectivity index (χ4v) is 4.10. The van der Waals surface area contributed by atoms with Gasteiger partial charge in [0.05, 0.1) is 5.52 Å². The van der Waals surface area contributed by atoms with Gasteiger partial charge in [-0.05, 0) is 70.1 Å². The third-order valence-electron chi connectivity index (χ3n) is 6.47. The number of aromatic amines is 1. The summed E-state index contributed by atoms with van der Waals surface area (Å²) in [6.45, 7) is 10.6. The number of carbonyl (C=O) groups is 1. The fraction of sp³-hybridized carbons (Fsp3) is 0.417. The van der Waals surface area contributed by atoms with Crippen LogP contribution in [0.15, 0.2) is 24.3 Å². The Morgan fingerprint density at radius 1 is 1.20 bits per heavy atom. The summed E-state index contributed by atoms with van der Waals surface area (Å²) in [5, 5.41) is 4.56. The molecule has 0 atom stereocenters. The van der Waals surface area contributed by atoms with Crippen molar-refractivity contribution in [3.63, 3.8) is 0 Å². The van der Waals surface area contributed by atoms with Crippen molar-refractivity contribution in [3.8, 4) is 0 Å². The number of rotatable bonds is 5. The maximum atomic E-state index is 13.1. The molecule has 0 unspecified atom stereocenters. The highest BCUT2D eigenvalue weighted by atomic mass is 16.2. The first-order valence-corrected chi connectivity index (χ1v) is 10.5. The third-order valence-corrected chi connectivity index (χ3v) is 6.47. The summed E-state index contributed by atoms with van der Waals surface area (Å²) < 4.78 is 0. The number of fused-ring (bicyclic) bond motifs is 1. The molecular formula is C24H31N5O. The molecule has 1 fully saturated rings. The van der Waals surface area contributed by atoms with Crippen molar-refractivity contribution in [1.29, 1.82) is 0 Å². The lowest BCUT2D eigenvalue weighted by Gasteiger charge is -2.42. The summed E-state index contributed by atoms with van der Waals surface area (Å²) in [5.74, 6) is 0.739. The SMILES string of the molecule is Cc1cccc(C)c1CNc1nc(C(=O)N2CC(N(C)C)C2)cc2c(C)c(C)[nH]c12. The molecule has 0 aliphatic carbocycles. The Morgan fingerprint density at radius 3 is 2.50 bits per heavy atom. The monoisotopic (exact) mass is 405 g/mol. The van der Waals surface area contributed by atoms with E-state index in [2.05, 4.69) is 75.2 Å². The number of nitrogens with one attached hydrogen (secondary N) is 2. The van der Waals surface area contributed by atoms with Gasteiger partial charge in [-0.1, -0.05) is 18.2 Å². The number of carbonyl (C=O) groups excluding carboxylic acids is 1. The minimum absolute atomic E-state index is 0.00313. The largest absolute Gasteiger partial charge is 0.364 e. The van der Waals surface area contributed by atoms with Crippen LogP contribution in [0.3, 0.4) is 0 Å². The van der Waals surface area contributed by atoms with Gasteiger partial charge in [-0.25, -0.2) is 4.98 Å². The Hall–Kier alpha value is -2.86. The average molecular weight is 406 g/mol. The van der Waals surface area contributed by atoms with Crippen molar-refractivity contribution < 1.29 is 4.79 Å². The molecule has 1 aliphatic rings. The zero-order chi connectivity index (χ0) is 21.6. The van der Waals surface area contributed by atoms with Gasteiger partial charge in [0.15, 0.2) is 5.82 Å². The molecule has 1 aromatic carbocycles. The van der Waals surface area contributed by atoms with Crippen LogP contribution in [0.1, 0.15) is 38.4 Å². The number of benzene rings is 1. The molecule has 6 heteroatoms. The third kappa shape index (κ3) is 3.56. The average Bonchev–Trinajstić information content (AvgIpc) is 2.94. The van der Waals surface area contributed by atoms with E-state index < -0.39 is 0 Å². The van der Waals surface area contributed by atoms with Gasteiger partial charge in [0.25, 0.3) is 5.91 Å². The number of likely N-dealkylation sites (N-methyl/N-ethyl adjacent to an activating group) is 1. The Kier molecular flexibility index (Phi) is 5.28. The lowest BCUT2D eigenvalue weighted by Crippen LogP contribution is -2.59. The first-order chi connectivity index (χ1) is 14.3. The molecule has 0 spiro atoms. The summed E-state index contributed by atoms with van der Waals surface area (Å²) in [6.07, 6.45) is 0. The quantitative estimate of drug-likeness (QED) is 0.678. The standard InChI is InChI=1S/C24H31N5O/c1-14-8-7-9-15(2)20(14)11-25-23-22-19(16(3)17(4)26-22)10-21(27-23)24(30)29-12-18(13-29)28(5)6/h7-10,18,26H,11-13H2,1-6H3,(H,25,27). The number of amides is 1. The molecule has 2 N–H and O–H groups in total. The summed E-state index contributed by atoms with van der Waals surface area (Å²) in [4.78, 5) is 25.3. The van der Waals surface area contributed by atoms with E-state index in [1.54, 1.807) is 0 Å². The first-order valence-electron chi connectivity index (χ1n) is 10.5. The molecule has 2 aromatic heterocycles. The van der Waals surface area contributed by atoms with E-state index in [1.165, 1.54) is 16.7 Å². The summed E-state index contributed by atoms with van der Waals surface area (Å²) in [5.41, 5.74) is 7.49. The van der Waals surface area contributed by atoms with E-state index in [4.69, 9.17) is 4.98 Å². The number of anilines is 1. The van der Waals surface area contributed by atoms with Crippen molar-refractivity contribution in [3.05, 3.63) is 57.9 Å². The molecular weight excluding hydrogens is 374 g/mol. The van der Waals surface area contributed by atoms with Crippen LogP contribution in [0.25, 0.3) is 10.9 Å². The lowest BCUT2D eigenvalue weighted by atomic mass is 10.0. The van der Waals surface area contributed by atoms with Crippen LogP contribution in [0.2, 0.25) is 0 Å². The molecule has 1 aliphatic heterocycles. The second-order valence-corrected chi connectivity index (χ2v) is 8.71. The molecule has 30 heavy (non-hydrogen) atoms. The number of nitrogens with zero attached hydrogens (tertiary/aromatic N) is 3. The molecule has 6 nitrogen and oxygen atoms in total. The molecule has 1 amide bonds. The zero-order valence-electron chi connectivity index (χ0n) is 18.8. The predicted molar refractivity (Wildman–Crippen MR) is 122 cm³/mol. The second-order valence-electron chi connectivity index (χ2n) is 8.71. The van der Waals surface area contributed by atoms with Crippen molar-refractivity contribution in [2.75, 3.05) is 32.5 Å². The smallest absolute Gasteiger partial charge is 0.272 e. The van der Waals surface area contributed by atoms with Crippen LogP contribution < -0.4 is 5.32 Å². The molecule has 1 saturated heterocycles. The van der Waals surface area contributed by atoms with Gasteiger partial charge in [0.2, 0.25) is 0 Å². The number of aryl methyl sites for hydroxylation is 4. The summed E-state index contributed by atoms with van der Waals surface area (Å²) in [6, 6.07) is 8.69. The summed E-state index contributed by atoms with van der Waals surface area (Å²) >= 11 is 0. The maximum Gasteiger partial charge on any atom is 0.272 e. The highest BCUT2D eigenvalue weighted by Crippen LogP contribution is 2.29. The molecule has 0 bridgehead atoms. The first kappa shape index (κ1) is 20.4. The minimum atomic E-state index is 0.00313. The van der Waals surface area contributed by atoms with E-state index in [9.17, 15) is 4.79 Å². The Balaban J connectivity index is 1.66. The molecule has 158 valence electrons. The highest BCUT2D eigenvalue weighted by Gasteiger charge is 2.33. The number of likely N-dealkylation sites (tertiary alicyclic amines) is 1. The van der Waals surface area contributed by atoms with Gasteiger partial charge < -0.3 is 20.1 Å². The van der Waals surface area contributed by atoms with E-state index >= 15 is 0 Å². The summed E-state index contributed by atoms with van der Waals surface area (Å²) in [7, 11) is 4.11. The minimum Gasteiger partial charge on any atom is -0.364 e. The van der Waals surface area contributed by atoms with Crippen molar-refractivity contribution in [2.45, 2.75) is 40.3 Å². The molecule has 0 radical (unpaired) electrons. The van der Waals surface area contributed by atoms with Gasteiger partial charge in [0, 0.05) is 36.8 Å². The number of pyridine rings is 1. The number of H-pyrrole nitrogens is 1. The topological polar surface area (TPSA) is 64.3 Å². The zero-order valence-corrected chi connectivity index (χ0v) is 18.8. The maximum absolute atomic E-state index is 13.1. The normalized spacial score (nSPS) is 14.4. The highest BCUT2D eigenvalue weighted by molar-refractivity contribution is 6.01. The molecule has 4 rings (SSSR count). The number of aromatic nitrogens is 2. The van der Waals surface area contributed by atoms with Gasteiger partial charge in [-0.15, -0.1) is 0 Å². The van der Waals surface area contributed by atoms with Crippen molar-refractivity contribution in [2.24, 2.45) is 0 Å². The fourth-order valence-electron chi connectivity index (χ4n) is 4.10. The van der Waals surface area contributed by atoms with Gasteiger partial charge in [-0.2, -0.15) is 0 Å². The predicted octanol–water partition coefficient (Wildman–Crippen LogP) is 3.79. The van der Waals surface area contributed by atoms with Gasteiger partial charge >= 0.3 is 0 Å². The Morgan fingerprint density at radius 2 is 1.87 bits per heavy atom. The van der Waals surface area contributed by atoms with Crippen LogP contribution >= 0.6 is 0 Å². The van der Waals surface area contributed by atoms with Crippen LogP contribution in [-0.2, 0) is 6.54 Å². The van der Waals surface area contributed by atoms with E-state index in [0.29, 0.717) is 18.3 Å². The second kappa shape index (κ2) is 7.76. The van der Waals surface area contributed by atoms with Crippen LogP contribution in [0.5, 0.6) is 0 Å². The number of hydrogen-bond acceptors (Lipinski definition) is 4.